The van der Waals surface area contributed by atoms with Crippen molar-refractivity contribution in [3.8, 4) is 27.9 Å². The number of hydrogen-bond donors (Lipinski definition) is 0. The monoisotopic (exact) mass is 1090 g/mol. The van der Waals surface area contributed by atoms with Crippen LogP contribution in [0.2, 0.25) is 0 Å². The molecule has 0 N–H and O–H groups in total. The summed E-state index contributed by atoms with van der Waals surface area (Å²) in [5.74, 6) is 0.0168. The highest BCUT2D eigenvalue weighted by Gasteiger charge is 2.50. The van der Waals surface area contributed by atoms with Gasteiger partial charge in [0.25, 0.3) is 0 Å². The summed E-state index contributed by atoms with van der Waals surface area (Å²) in [6, 6.07) is 127. The maximum atomic E-state index is 2.57. The van der Waals surface area contributed by atoms with Gasteiger partial charge in [0.05, 0.1) is 16.7 Å². The van der Waals surface area contributed by atoms with Gasteiger partial charge in [0.15, 0.2) is 16.1 Å². The van der Waals surface area contributed by atoms with Crippen LogP contribution in [-0.2, 0) is 0 Å². The Kier molecular flexibility index (Phi) is 11.8. The number of para-hydroxylation sites is 2. The Morgan fingerprint density at radius 1 is 0.241 bits per heavy atom. The number of rotatable bonds is 11. The van der Waals surface area contributed by atoms with Crippen LogP contribution in [0.15, 0.2) is 334 Å². The summed E-state index contributed by atoms with van der Waals surface area (Å²) in [7, 11) is -5.95. The molecule has 390 valence electrons. The first kappa shape index (κ1) is 49.0. The fourth-order valence-electron chi connectivity index (χ4n) is 15.2. The van der Waals surface area contributed by atoms with Crippen molar-refractivity contribution in [3.63, 3.8) is 0 Å². The second-order valence-corrected chi connectivity index (χ2v) is 30.1. The highest BCUT2D eigenvalue weighted by atomic mass is 28.3. The molecule has 0 aliphatic heterocycles. The molecule has 2 bridgehead atoms. The molecule has 13 aromatic carbocycles. The van der Waals surface area contributed by atoms with Crippen LogP contribution < -0.4 is 41.5 Å². The Bertz CT molecular complexity index is 4590. The van der Waals surface area contributed by atoms with E-state index < -0.39 is 16.1 Å². The number of fused-ring (bicyclic) bond motifs is 3. The molecule has 0 saturated carbocycles. The van der Waals surface area contributed by atoms with Gasteiger partial charge in [0.1, 0.15) is 0 Å². The topological polar surface area (TPSA) is 4.93 Å². The standard InChI is InChI=1S/C80H57NSi2/c1-7-28-56(29-8-1)57-30-25-41-63(54-57)83(61-37-15-5-16-38-61,62-39-17-6-18-40-62)76-51-27-48-71-77-68-44-19-20-45-69(68)80(79(71)76)78-67(46-26-47-70(77)78)65-42-21-23-49-73(65)81-74-50-24-22-43-66(74)72-55-64(52-53-75(72)81)82(58-31-9-2-10-32-58,59-33-11-3-12-34-59)60-35-13-4-14-36-60/h1-55,77,80H. The lowest BCUT2D eigenvalue weighted by Crippen LogP contribution is -2.75. The van der Waals surface area contributed by atoms with Crippen LogP contribution >= 0.6 is 0 Å². The molecule has 0 spiro atoms. The second kappa shape index (κ2) is 20.0. The predicted molar refractivity (Wildman–Crippen MR) is 354 cm³/mol. The fraction of sp³-hybridized carbons (Fsp3) is 0.0250. The van der Waals surface area contributed by atoms with Gasteiger partial charge >= 0.3 is 0 Å². The second-order valence-electron chi connectivity index (χ2n) is 22.5. The van der Waals surface area contributed by atoms with Gasteiger partial charge in [-0.3, -0.25) is 0 Å². The van der Waals surface area contributed by atoms with E-state index in [0.29, 0.717) is 0 Å². The van der Waals surface area contributed by atoms with Crippen LogP contribution in [0.5, 0.6) is 0 Å². The molecular formula is C80H57NSi2. The van der Waals surface area contributed by atoms with Gasteiger partial charge in [-0.2, -0.15) is 0 Å². The first-order valence-corrected chi connectivity index (χ1v) is 33.1. The third-order valence-electron chi connectivity index (χ3n) is 18.5. The molecule has 1 aromatic heterocycles. The minimum Gasteiger partial charge on any atom is -0.309 e. The lowest BCUT2D eigenvalue weighted by molar-refractivity contribution is 0.760. The van der Waals surface area contributed by atoms with Crippen LogP contribution in [0.4, 0.5) is 0 Å². The van der Waals surface area contributed by atoms with Gasteiger partial charge in [-0.25, -0.2) is 0 Å². The van der Waals surface area contributed by atoms with E-state index >= 15 is 0 Å². The molecule has 3 heteroatoms. The Morgan fingerprint density at radius 3 is 1.29 bits per heavy atom. The maximum Gasteiger partial charge on any atom is 0.179 e. The van der Waals surface area contributed by atoms with Crippen molar-refractivity contribution in [1.82, 2.24) is 4.57 Å². The normalized spacial score (nSPS) is 14.3. The Morgan fingerprint density at radius 2 is 0.663 bits per heavy atom. The first-order chi connectivity index (χ1) is 41.2. The molecule has 0 radical (unpaired) electrons. The predicted octanol–water partition coefficient (Wildman–Crippen LogP) is 13.9. The molecule has 0 amide bonds. The van der Waals surface area contributed by atoms with Crippen molar-refractivity contribution >= 4 is 79.4 Å². The highest BCUT2D eigenvalue weighted by Crippen LogP contribution is 2.58. The first-order valence-electron chi connectivity index (χ1n) is 29.1. The van der Waals surface area contributed by atoms with Gasteiger partial charge in [-0.1, -0.05) is 315 Å². The lowest BCUT2D eigenvalue weighted by atomic mass is 9.60. The van der Waals surface area contributed by atoms with Crippen LogP contribution in [0.1, 0.15) is 45.2 Å². The average Bonchev–Trinajstić information content (AvgIpc) is 4.07. The number of hydrogen-bond acceptors (Lipinski definition) is 0. The van der Waals surface area contributed by atoms with Crippen molar-refractivity contribution in [1.29, 1.82) is 0 Å². The molecule has 0 saturated heterocycles. The molecule has 0 fully saturated rings. The molecule has 1 heterocycles. The summed E-state index contributed by atoms with van der Waals surface area (Å²) >= 11 is 0. The van der Waals surface area contributed by atoms with E-state index in [9.17, 15) is 0 Å². The minimum absolute atomic E-state index is 0.0361. The molecule has 3 aliphatic rings. The average molecular weight is 1090 g/mol. The van der Waals surface area contributed by atoms with Crippen LogP contribution in [0.3, 0.4) is 0 Å². The summed E-state index contributed by atoms with van der Waals surface area (Å²) < 4.78 is 2.57. The zero-order valence-electron chi connectivity index (χ0n) is 45.9. The Hall–Kier alpha value is -9.91. The molecule has 17 rings (SSSR count). The number of aromatic nitrogens is 1. The summed E-state index contributed by atoms with van der Waals surface area (Å²) in [6.45, 7) is 0. The zero-order valence-corrected chi connectivity index (χ0v) is 47.9. The van der Waals surface area contributed by atoms with Gasteiger partial charge in [-0.05, 0) is 110 Å². The minimum atomic E-state index is -3.12. The fourth-order valence-corrected chi connectivity index (χ4v) is 25.0. The summed E-state index contributed by atoms with van der Waals surface area (Å²) in [4.78, 5) is 0. The van der Waals surface area contributed by atoms with Crippen molar-refractivity contribution in [2.24, 2.45) is 0 Å². The van der Waals surface area contributed by atoms with E-state index in [-0.39, 0.29) is 11.8 Å². The molecule has 2 atom stereocenters. The van der Waals surface area contributed by atoms with Gasteiger partial charge in [-0.15, -0.1) is 0 Å². The summed E-state index contributed by atoms with van der Waals surface area (Å²) in [5, 5.41) is 13.6. The third-order valence-corrected chi connectivity index (χ3v) is 28.1. The Labute approximate surface area is 487 Å². The molecule has 1 nitrogen and oxygen atoms in total. The zero-order chi connectivity index (χ0) is 54.9. The summed E-state index contributed by atoms with van der Waals surface area (Å²) in [5.41, 5.74) is 17.1. The molecule has 3 aliphatic carbocycles. The van der Waals surface area contributed by atoms with E-state index in [1.165, 1.54) is 125 Å². The van der Waals surface area contributed by atoms with E-state index in [4.69, 9.17) is 0 Å². The largest absolute Gasteiger partial charge is 0.309 e. The molecule has 14 aromatic rings. The summed E-state index contributed by atoms with van der Waals surface area (Å²) in [6.07, 6.45) is 0. The maximum absolute atomic E-state index is 3.12. The highest BCUT2D eigenvalue weighted by molar-refractivity contribution is 7.20. The third kappa shape index (κ3) is 7.45. The van der Waals surface area contributed by atoms with Gasteiger partial charge in [0.2, 0.25) is 0 Å². The Balaban J connectivity index is 0.940. The van der Waals surface area contributed by atoms with Crippen LogP contribution in [0.25, 0.3) is 49.7 Å². The van der Waals surface area contributed by atoms with E-state index in [2.05, 4.69) is 338 Å². The number of nitrogens with zero attached hydrogens (tertiary/aromatic N) is 1. The molecule has 83 heavy (non-hydrogen) atoms. The van der Waals surface area contributed by atoms with E-state index in [1.807, 2.05) is 0 Å². The van der Waals surface area contributed by atoms with Gasteiger partial charge < -0.3 is 4.57 Å². The van der Waals surface area contributed by atoms with Crippen LogP contribution in [-0.4, -0.2) is 20.7 Å². The van der Waals surface area contributed by atoms with E-state index in [0.717, 1.165) is 0 Å². The van der Waals surface area contributed by atoms with E-state index in [1.54, 1.807) is 0 Å². The van der Waals surface area contributed by atoms with Crippen molar-refractivity contribution in [2.75, 3.05) is 0 Å². The van der Waals surface area contributed by atoms with Crippen LogP contribution in [0, 0.1) is 0 Å². The lowest BCUT2D eigenvalue weighted by Gasteiger charge is -2.47. The number of benzene rings is 13. The smallest absolute Gasteiger partial charge is 0.179 e. The van der Waals surface area contributed by atoms with Crippen molar-refractivity contribution < 1.29 is 0 Å². The quantitative estimate of drug-likeness (QED) is 0.0899. The molecule has 2 unspecified atom stereocenters. The SMILES string of the molecule is c1ccc(-c2cccc([Si](c3ccccc3)(c3ccccc3)c3cccc4c3C3c5ccccc5C4c4cccc(-c5ccccc5-n5c6ccccc6c6cc([Si](c7ccccc7)(c7ccccc7)c7ccccc7)ccc65)c43)c2)cc1. The molecular weight excluding hydrogens is 1030 g/mol. The van der Waals surface area contributed by atoms with Gasteiger partial charge in [0, 0.05) is 28.2 Å². The van der Waals surface area contributed by atoms with Crippen molar-refractivity contribution in [3.05, 3.63) is 367 Å². The van der Waals surface area contributed by atoms with Crippen molar-refractivity contribution in [2.45, 2.75) is 11.8 Å².